The third kappa shape index (κ3) is 5.60. The summed E-state index contributed by atoms with van der Waals surface area (Å²) < 4.78 is 5.29. The van der Waals surface area contributed by atoms with Crippen LogP contribution in [0.3, 0.4) is 0 Å². The number of phenolic OH excluding ortho intramolecular Hbond substituents is 1. The third-order valence-electron chi connectivity index (χ3n) is 3.90. The summed E-state index contributed by atoms with van der Waals surface area (Å²) in [6, 6.07) is 11.8. The number of carbonyl (C=O) groups excluding carboxylic acids is 1. The first kappa shape index (κ1) is 20.0. The maximum Gasteiger partial charge on any atom is 0.413 e. The van der Waals surface area contributed by atoms with Crippen molar-refractivity contribution in [3.63, 3.8) is 0 Å². The summed E-state index contributed by atoms with van der Waals surface area (Å²) in [5.74, 6) is -1.07. The number of carbonyl (C=O) groups is 2. The largest absolute Gasteiger partial charge is 0.507 e. The summed E-state index contributed by atoms with van der Waals surface area (Å²) in [5.41, 5.74) is 2.11. The summed E-state index contributed by atoms with van der Waals surface area (Å²) in [5, 5.41) is 21.5. The van der Waals surface area contributed by atoms with Gasteiger partial charge in [0.15, 0.2) is 0 Å². The van der Waals surface area contributed by atoms with Crippen LogP contribution in [0.25, 0.3) is 12.2 Å². The first-order valence-corrected chi connectivity index (χ1v) is 8.59. The highest BCUT2D eigenvalue weighted by Gasteiger charge is 2.20. The highest BCUT2D eigenvalue weighted by molar-refractivity contribution is 5.81. The van der Waals surface area contributed by atoms with Crippen LogP contribution >= 0.6 is 0 Å². The van der Waals surface area contributed by atoms with Crippen molar-refractivity contribution in [3.05, 3.63) is 59.2 Å². The molecule has 142 valence electrons. The van der Waals surface area contributed by atoms with E-state index in [0.29, 0.717) is 11.1 Å². The molecule has 27 heavy (non-hydrogen) atoms. The molecular weight excluding hydrogens is 346 g/mol. The molecule has 0 unspecified atom stereocenters. The predicted octanol–water partition coefficient (Wildman–Crippen LogP) is 4.25. The maximum atomic E-state index is 12.0. The van der Waals surface area contributed by atoms with Gasteiger partial charge in [0, 0.05) is 5.56 Å². The molecule has 0 saturated heterocycles. The average molecular weight is 369 g/mol. The maximum absolute atomic E-state index is 12.0. The molecule has 6 nitrogen and oxygen atoms in total. The quantitative estimate of drug-likeness (QED) is 0.662. The first-order chi connectivity index (χ1) is 12.8. The molecule has 0 bridgehead atoms. The van der Waals surface area contributed by atoms with Crippen molar-refractivity contribution in [2.75, 3.05) is 0 Å². The molecule has 0 heterocycles. The standard InChI is InChI=1S/C21H23NO5/c1-13(2)19-17(23)11-16(10-9-15-7-5-4-6-8-15)12-18(19)27-21(26)22-14(3)20(24)25/h4-14,23H,1-3H3,(H,22,26)(H,24,25)/b10-9+/t14-/m0/s1. The fourth-order valence-corrected chi connectivity index (χ4v) is 2.52. The first-order valence-electron chi connectivity index (χ1n) is 8.59. The summed E-state index contributed by atoms with van der Waals surface area (Å²) in [6.07, 6.45) is 2.78. The lowest BCUT2D eigenvalue weighted by atomic mass is 9.98. The Balaban J connectivity index is 2.30. The fourth-order valence-electron chi connectivity index (χ4n) is 2.52. The molecule has 0 aliphatic carbocycles. The number of benzene rings is 2. The van der Waals surface area contributed by atoms with Crippen LogP contribution in [0.4, 0.5) is 4.79 Å². The minimum absolute atomic E-state index is 0.00861. The second-order valence-corrected chi connectivity index (χ2v) is 6.44. The lowest BCUT2D eigenvalue weighted by Crippen LogP contribution is -2.40. The van der Waals surface area contributed by atoms with Gasteiger partial charge in [-0.2, -0.15) is 0 Å². The smallest absolute Gasteiger partial charge is 0.413 e. The molecule has 2 aromatic carbocycles. The molecule has 1 amide bonds. The second kappa shape index (κ2) is 8.89. The zero-order chi connectivity index (χ0) is 20.0. The summed E-state index contributed by atoms with van der Waals surface area (Å²) >= 11 is 0. The van der Waals surface area contributed by atoms with E-state index in [1.54, 1.807) is 18.2 Å². The number of hydrogen-bond donors (Lipinski definition) is 3. The van der Waals surface area contributed by atoms with Gasteiger partial charge in [-0.3, -0.25) is 4.79 Å². The topological polar surface area (TPSA) is 95.9 Å². The molecule has 1 atom stereocenters. The lowest BCUT2D eigenvalue weighted by Gasteiger charge is -2.17. The van der Waals surface area contributed by atoms with Crippen molar-refractivity contribution < 1.29 is 24.5 Å². The number of hydrogen-bond acceptors (Lipinski definition) is 4. The van der Waals surface area contributed by atoms with E-state index in [9.17, 15) is 14.7 Å². The Morgan fingerprint density at radius 2 is 1.67 bits per heavy atom. The van der Waals surface area contributed by atoms with Crippen LogP contribution in [0.2, 0.25) is 0 Å². The van der Waals surface area contributed by atoms with Crippen molar-refractivity contribution in [2.24, 2.45) is 0 Å². The molecular formula is C21H23NO5. The Kier molecular flexibility index (Phi) is 6.60. The molecule has 0 fully saturated rings. The van der Waals surface area contributed by atoms with Gasteiger partial charge in [-0.1, -0.05) is 56.3 Å². The minimum Gasteiger partial charge on any atom is -0.507 e. The fraction of sp³-hybridized carbons (Fsp3) is 0.238. The summed E-state index contributed by atoms with van der Waals surface area (Å²) in [7, 11) is 0. The van der Waals surface area contributed by atoms with Crippen LogP contribution in [0, 0.1) is 0 Å². The Labute approximate surface area is 158 Å². The SMILES string of the molecule is CC(C)c1c(O)cc(/C=C/c2ccccc2)cc1OC(=O)N[C@@H](C)C(=O)O. The van der Waals surface area contributed by atoms with E-state index in [1.807, 2.05) is 50.3 Å². The molecule has 0 saturated carbocycles. The summed E-state index contributed by atoms with van der Waals surface area (Å²) in [4.78, 5) is 22.9. The average Bonchev–Trinajstić information content (AvgIpc) is 2.60. The van der Waals surface area contributed by atoms with E-state index in [-0.39, 0.29) is 17.4 Å². The number of carboxylic acids is 1. The van der Waals surface area contributed by atoms with Crippen molar-refractivity contribution in [2.45, 2.75) is 32.7 Å². The molecule has 2 rings (SSSR count). The zero-order valence-corrected chi connectivity index (χ0v) is 15.5. The Morgan fingerprint density at radius 1 is 1.04 bits per heavy atom. The van der Waals surface area contributed by atoms with Crippen LogP contribution in [-0.2, 0) is 4.79 Å². The molecule has 2 aromatic rings. The molecule has 0 radical (unpaired) electrons. The van der Waals surface area contributed by atoms with Gasteiger partial charge in [0.05, 0.1) is 0 Å². The molecule has 6 heteroatoms. The Hall–Kier alpha value is -3.28. The summed E-state index contributed by atoms with van der Waals surface area (Å²) in [6.45, 7) is 5.06. The molecule has 3 N–H and O–H groups in total. The monoisotopic (exact) mass is 369 g/mol. The number of nitrogens with one attached hydrogen (secondary N) is 1. The van der Waals surface area contributed by atoms with Gasteiger partial charge < -0.3 is 20.3 Å². The Bertz CT molecular complexity index is 843. The van der Waals surface area contributed by atoms with E-state index >= 15 is 0 Å². The van der Waals surface area contributed by atoms with Gasteiger partial charge in [0.1, 0.15) is 17.5 Å². The molecule has 0 aliphatic heterocycles. The number of aromatic hydroxyl groups is 1. The molecule has 0 aliphatic rings. The highest BCUT2D eigenvalue weighted by atomic mass is 16.6. The van der Waals surface area contributed by atoms with Gasteiger partial charge in [0.25, 0.3) is 0 Å². The normalized spacial score (nSPS) is 12.1. The van der Waals surface area contributed by atoms with E-state index in [1.165, 1.54) is 6.92 Å². The number of carboxylic acid groups (broad SMARTS) is 1. The highest BCUT2D eigenvalue weighted by Crippen LogP contribution is 2.36. The molecule has 0 aromatic heterocycles. The van der Waals surface area contributed by atoms with Crippen LogP contribution in [-0.4, -0.2) is 28.3 Å². The second-order valence-electron chi connectivity index (χ2n) is 6.44. The van der Waals surface area contributed by atoms with Crippen LogP contribution in [0.1, 0.15) is 43.4 Å². The number of amides is 1. The minimum atomic E-state index is -1.17. The van der Waals surface area contributed by atoms with Gasteiger partial charge in [0.2, 0.25) is 0 Å². The van der Waals surface area contributed by atoms with E-state index in [0.717, 1.165) is 5.56 Å². The van der Waals surface area contributed by atoms with Crippen LogP contribution in [0.5, 0.6) is 11.5 Å². The van der Waals surface area contributed by atoms with Crippen molar-refractivity contribution in [1.29, 1.82) is 0 Å². The Morgan fingerprint density at radius 3 is 2.26 bits per heavy atom. The number of phenols is 1. The van der Waals surface area contributed by atoms with Crippen molar-refractivity contribution in [3.8, 4) is 11.5 Å². The van der Waals surface area contributed by atoms with Gasteiger partial charge in [-0.05, 0) is 36.1 Å². The zero-order valence-electron chi connectivity index (χ0n) is 15.5. The number of rotatable bonds is 6. The molecule has 0 spiro atoms. The number of aliphatic carboxylic acids is 1. The van der Waals surface area contributed by atoms with Crippen LogP contribution < -0.4 is 10.1 Å². The lowest BCUT2D eigenvalue weighted by molar-refractivity contribution is -0.138. The third-order valence-corrected chi connectivity index (χ3v) is 3.90. The predicted molar refractivity (Wildman–Crippen MR) is 104 cm³/mol. The van der Waals surface area contributed by atoms with E-state index < -0.39 is 18.1 Å². The van der Waals surface area contributed by atoms with Crippen molar-refractivity contribution >= 4 is 24.2 Å². The van der Waals surface area contributed by atoms with Crippen LogP contribution in [0.15, 0.2) is 42.5 Å². The van der Waals surface area contributed by atoms with Gasteiger partial charge >= 0.3 is 12.1 Å². The van der Waals surface area contributed by atoms with E-state index in [2.05, 4.69) is 5.32 Å². The van der Waals surface area contributed by atoms with Gasteiger partial charge in [-0.15, -0.1) is 0 Å². The number of ether oxygens (including phenoxy) is 1. The van der Waals surface area contributed by atoms with Crippen molar-refractivity contribution in [1.82, 2.24) is 5.32 Å². The van der Waals surface area contributed by atoms with E-state index in [4.69, 9.17) is 9.84 Å². The van der Waals surface area contributed by atoms with Gasteiger partial charge in [-0.25, -0.2) is 4.79 Å².